The van der Waals surface area contributed by atoms with Gasteiger partial charge in [-0.25, -0.2) is 8.42 Å². The molecule has 1 heterocycles. The number of ether oxygens (including phenoxy) is 2. The minimum atomic E-state index is -3.45. The fraction of sp³-hybridized carbons (Fsp3) is 0.269. The molecule has 4 rings (SSSR count). The van der Waals surface area contributed by atoms with E-state index in [2.05, 4.69) is 5.32 Å². The summed E-state index contributed by atoms with van der Waals surface area (Å²) in [5.74, 6) is 1.10. The van der Waals surface area contributed by atoms with Gasteiger partial charge in [-0.05, 0) is 60.4 Å². The Morgan fingerprint density at radius 1 is 0.912 bits per heavy atom. The number of hydrogen-bond donors (Lipinski definition) is 1. The van der Waals surface area contributed by atoms with Gasteiger partial charge >= 0.3 is 0 Å². The number of amides is 1. The summed E-state index contributed by atoms with van der Waals surface area (Å²) >= 11 is 0. The van der Waals surface area contributed by atoms with Crippen molar-refractivity contribution in [3.05, 3.63) is 77.9 Å². The van der Waals surface area contributed by atoms with Crippen molar-refractivity contribution >= 4 is 15.9 Å². The van der Waals surface area contributed by atoms with Crippen molar-refractivity contribution in [2.24, 2.45) is 0 Å². The summed E-state index contributed by atoms with van der Waals surface area (Å²) in [5, 5.41) is 2.92. The van der Waals surface area contributed by atoms with E-state index in [-0.39, 0.29) is 5.91 Å². The Bertz CT molecular complexity index is 1270. The number of nitrogens with zero attached hydrogens (tertiary/aromatic N) is 1. The van der Waals surface area contributed by atoms with Crippen molar-refractivity contribution < 1.29 is 22.7 Å². The molecule has 0 aromatic heterocycles. The number of carbonyl (C=O) groups excluding carboxylic acids is 1. The molecule has 7 nitrogen and oxygen atoms in total. The molecule has 178 valence electrons. The molecule has 0 radical (unpaired) electrons. The molecule has 0 bridgehead atoms. The lowest BCUT2D eigenvalue weighted by atomic mass is 10.0. The number of methoxy groups -OCH3 is 2. The standard InChI is InChI=1S/C26H28N2O5S/c1-32-23-11-8-22(25(17-23)33-2)18-27-26(29)21-7-5-6-20(16-21)19-9-12-24(13-10-19)34(30,31)28-14-3-4-15-28/h5-13,16-17H,3-4,14-15,18H2,1-2H3,(H,27,29). The van der Waals surface area contributed by atoms with Crippen LogP contribution in [0.15, 0.2) is 71.6 Å². The number of hydrogen-bond acceptors (Lipinski definition) is 5. The second-order valence-corrected chi connectivity index (χ2v) is 10.0. The highest BCUT2D eigenvalue weighted by atomic mass is 32.2. The van der Waals surface area contributed by atoms with Crippen LogP contribution < -0.4 is 14.8 Å². The Hall–Kier alpha value is -3.36. The van der Waals surface area contributed by atoms with Gasteiger partial charge in [-0.3, -0.25) is 4.79 Å². The third kappa shape index (κ3) is 5.08. The van der Waals surface area contributed by atoms with E-state index in [1.807, 2.05) is 24.3 Å². The van der Waals surface area contributed by atoms with Crippen LogP contribution in [0.4, 0.5) is 0 Å². The van der Waals surface area contributed by atoms with E-state index in [0.717, 1.165) is 29.5 Å². The van der Waals surface area contributed by atoms with E-state index in [9.17, 15) is 13.2 Å². The molecular weight excluding hydrogens is 452 g/mol. The van der Waals surface area contributed by atoms with E-state index in [1.54, 1.807) is 56.7 Å². The first-order chi connectivity index (χ1) is 16.4. The number of sulfonamides is 1. The van der Waals surface area contributed by atoms with Crippen LogP contribution in [-0.4, -0.2) is 45.9 Å². The maximum Gasteiger partial charge on any atom is 0.251 e. The van der Waals surface area contributed by atoms with Crippen LogP contribution in [0, 0.1) is 0 Å². The number of benzene rings is 3. The van der Waals surface area contributed by atoms with E-state index in [4.69, 9.17) is 9.47 Å². The summed E-state index contributed by atoms with van der Waals surface area (Å²) in [4.78, 5) is 13.1. The topological polar surface area (TPSA) is 84.9 Å². The zero-order chi connectivity index (χ0) is 24.1. The Morgan fingerprint density at radius 3 is 2.32 bits per heavy atom. The molecule has 0 atom stereocenters. The van der Waals surface area contributed by atoms with Gasteiger partial charge < -0.3 is 14.8 Å². The fourth-order valence-corrected chi connectivity index (χ4v) is 5.53. The van der Waals surface area contributed by atoms with Crippen LogP contribution in [0.1, 0.15) is 28.8 Å². The molecule has 1 aliphatic rings. The van der Waals surface area contributed by atoms with Gasteiger partial charge in [-0.1, -0.05) is 24.3 Å². The first-order valence-corrected chi connectivity index (χ1v) is 12.6. The Balaban J connectivity index is 1.47. The van der Waals surface area contributed by atoms with E-state index < -0.39 is 10.0 Å². The van der Waals surface area contributed by atoms with E-state index in [0.29, 0.717) is 41.6 Å². The SMILES string of the molecule is COc1ccc(CNC(=O)c2cccc(-c3ccc(S(=O)(=O)N4CCCC4)cc3)c2)c(OC)c1. The van der Waals surface area contributed by atoms with Crippen LogP contribution in [0.2, 0.25) is 0 Å². The monoisotopic (exact) mass is 480 g/mol. The van der Waals surface area contributed by atoms with Crippen LogP contribution in [0.3, 0.4) is 0 Å². The molecule has 34 heavy (non-hydrogen) atoms. The quantitative estimate of drug-likeness (QED) is 0.525. The van der Waals surface area contributed by atoms with Crippen molar-refractivity contribution in [1.29, 1.82) is 0 Å². The Labute approximate surface area is 200 Å². The zero-order valence-electron chi connectivity index (χ0n) is 19.3. The van der Waals surface area contributed by atoms with Crippen LogP contribution >= 0.6 is 0 Å². The van der Waals surface area contributed by atoms with Gasteiger partial charge in [0.05, 0.1) is 19.1 Å². The van der Waals surface area contributed by atoms with Crippen molar-refractivity contribution in [1.82, 2.24) is 9.62 Å². The molecule has 1 amide bonds. The molecule has 0 aliphatic carbocycles. The minimum absolute atomic E-state index is 0.215. The molecule has 1 aliphatic heterocycles. The van der Waals surface area contributed by atoms with Crippen molar-refractivity contribution in [3.63, 3.8) is 0 Å². The second-order valence-electron chi connectivity index (χ2n) is 8.08. The normalized spacial score (nSPS) is 14.1. The van der Waals surface area contributed by atoms with Gasteiger partial charge in [0.1, 0.15) is 11.5 Å². The molecule has 8 heteroatoms. The second kappa shape index (κ2) is 10.3. The predicted octanol–water partition coefficient (Wildman–Crippen LogP) is 4.09. The van der Waals surface area contributed by atoms with E-state index in [1.165, 1.54) is 4.31 Å². The fourth-order valence-electron chi connectivity index (χ4n) is 4.01. The van der Waals surface area contributed by atoms with Crippen molar-refractivity contribution in [3.8, 4) is 22.6 Å². The largest absolute Gasteiger partial charge is 0.497 e. The molecule has 3 aromatic carbocycles. The first kappa shape index (κ1) is 23.8. The smallest absolute Gasteiger partial charge is 0.251 e. The Kier molecular flexibility index (Phi) is 7.19. The first-order valence-electron chi connectivity index (χ1n) is 11.1. The average Bonchev–Trinajstić information content (AvgIpc) is 3.43. The number of rotatable bonds is 8. The molecule has 0 saturated carbocycles. The molecule has 1 fully saturated rings. The summed E-state index contributed by atoms with van der Waals surface area (Å²) in [6.07, 6.45) is 1.80. The maximum atomic E-state index is 12.8. The molecule has 1 saturated heterocycles. The number of nitrogens with one attached hydrogen (secondary N) is 1. The highest BCUT2D eigenvalue weighted by Gasteiger charge is 2.26. The van der Waals surface area contributed by atoms with Gasteiger partial charge in [0.25, 0.3) is 5.91 Å². The minimum Gasteiger partial charge on any atom is -0.497 e. The van der Waals surface area contributed by atoms with Crippen LogP contribution in [0.5, 0.6) is 11.5 Å². The molecular formula is C26H28N2O5S. The van der Waals surface area contributed by atoms with Crippen LogP contribution in [-0.2, 0) is 16.6 Å². The summed E-state index contributed by atoms with van der Waals surface area (Å²) in [5.41, 5.74) is 3.02. The lowest BCUT2D eigenvalue weighted by molar-refractivity contribution is 0.0950. The lowest BCUT2D eigenvalue weighted by Crippen LogP contribution is -2.27. The van der Waals surface area contributed by atoms with Gasteiger partial charge in [0, 0.05) is 36.8 Å². The summed E-state index contributed by atoms with van der Waals surface area (Å²) < 4.78 is 37.6. The average molecular weight is 481 g/mol. The van der Waals surface area contributed by atoms with Gasteiger partial charge in [-0.2, -0.15) is 4.31 Å². The highest BCUT2D eigenvalue weighted by Crippen LogP contribution is 2.26. The third-order valence-corrected chi connectivity index (χ3v) is 7.86. The Morgan fingerprint density at radius 2 is 1.65 bits per heavy atom. The molecule has 3 aromatic rings. The predicted molar refractivity (Wildman–Crippen MR) is 131 cm³/mol. The zero-order valence-corrected chi connectivity index (χ0v) is 20.1. The molecule has 1 N–H and O–H groups in total. The number of carbonyl (C=O) groups is 1. The highest BCUT2D eigenvalue weighted by molar-refractivity contribution is 7.89. The van der Waals surface area contributed by atoms with Crippen molar-refractivity contribution in [2.45, 2.75) is 24.3 Å². The van der Waals surface area contributed by atoms with Gasteiger partial charge in [0.2, 0.25) is 10.0 Å². The lowest BCUT2D eigenvalue weighted by Gasteiger charge is -2.15. The summed E-state index contributed by atoms with van der Waals surface area (Å²) in [6.45, 7) is 1.45. The third-order valence-electron chi connectivity index (χ3n) is 5.95. The summed E-state index contributed by atoms with van der Waals surface area (Å²) in [7, 11) is -0.291. The van der Waals surface area contributed by atoms with Crippen molar-refractivity contribution in [2.75, 3.05) is 27.3 Å². The van der Waals surface area contributed by atoms with E-state index >= 15 is 0 Å². The maximum absolute atomic E-state index is 12.8. The van der Waals surface area contributed by atoms with Crippen LogP contribution in [0.25, 0.3) is 11.1 Å². The van der Waals surface area contributed by atoms with Gasteiger partial charge in [-0.15, -0.1) is 0 Å². The molecule has 0 spiro atoms. The van der Waals surface area contributed by atoms with Gasteiger partial charge in [0.15, 0.2) is 0 Å². The summed E-state index contributed by atoms with van der Waals surface area (Å²) in [6, 6.07) is 19.5. The molecule has 0 unspecified atom stereocenters.